The maximum Gasteiger partial charge on any atom is 0.272 e. The number of carbonyl (C=O) groups is 1. The van der Waals surface area contributed by atoms with Gasteiger partial charge in [0.05, 0.1) is 11.1 Å². The van der Waals surface area contributed by atoms with Crippen molar-refractivity contribution in [3.05, 3.63) is 23.9 Å². The largest absolute Gasteiger partial charge is 0.399 e. The van der Waals surface area contributed by atoms with Crippen LogP contribution in [0.5, 0.6) is 0 Å². The number of hydrogen-bond acceptors (Lipinski definition) is 4. The van der Waals surface area contributed by atoms with Crippen molar-refractivity contribution in [2.45, 2.75) is 19.4 Å². The first-order valence-electron chi connectivity index (χ1n) is 5.61. The van der Waals surface area contributed by atoms with E-state index in [1.54, 1.807) is 32.0 Å². The fourth-order valence-electron chi connectivity index (χ4n) is 1.59. The van der Waals surface area contributed by atoms with Crippen LogP contribution in [0.1, 0.15) is 24.3 Å². The molecule has 0 atom stereocenters. The molecule has 6 heteroatoms. The van der Waals surface area contributed by atoms with E-state index in [-0.39, 0.29) is 18.1 Å². The highest BCUT2D eigenvalue weighted by Crippen LogP contribution is 2.18. The minimum absolute atomic E-state index is 0.155. The number of hydrogen-bond donors (Lipinski definition) is 4. The number of nitrogen functional groups attached to an aromatic ring is 1. The van der Waals surface area contributed by atoms with E-state index in [4.69, 9.17) is 5.73 Å². The Morgan fingerprint density at radius 3 is 2.94 bits per heavy atom. The summed E-state index contributed by atoms with van der Waals surface area (Å²) >= 11 is 0. The Morgan fingerprint density at radius 1 is 1.56 bits per heavy atom. The number of carbonyl (C=O) groups excluding carboxylic acids is 1. The van der Waals surface area contributed by atoms with Gasteiger partial charge in [-0.15, -0.1) is 0 Å². The van der Waals surface area contributed by atoms with Crippen LogP contribution in [0.25, 0.3) is 10.9 Å². The molecule has 0 fully saturated rings. The lowest BCUT2D eigenvalue weighted by Crippen LogP contribution is -2.38. The summed E-state index contributed by atoms with van der Waals surface area (Å²) in [5, 5.41) is 19.6. The zero-order valence-electron chi connectivity index (χ0n) is 10.3. The molecule has 0 spiro atoms. The van der Waals surface area contributed by atoms with Gasteiger partial charge in [0.25, 0.3) is 5.91 Å². The molecule has 1 amide bonds. The van der Waals surface area contributed by atoms with Crippen LogP contribution in [-0.4, -0.2) is 33.4 Å². The fraction of sp³-hybridized carbons (Fsp3) is 0.333. The normalized spacial score (nSPS) is 11.7. The smallest absolute Gasteiger partial charge is 0.272 e. The molecule has 0 radical (unpaired) electrons. The second-order valence-corrected chi connectivity index (χ2v) is 4.87. The van der Waals surface area contributed by atoms with Gasteiger partial charge in [-0.3, -0.25) is 9.89 Å². The van der Waals surface area contributed by atoms with Gasteiger partial charge in [-0.2, -0.15) is 5.10 Å². The standard InChI is InChI=1S/C12H16N4O2/c1-12(2,18)6-14-11(17)10-8-5-7(13)3-4-9(8)15-16-10/h3-5,18H,6,13H2,1-2H3,(H,14,17)(H,15,16). The number of nitrogens with two attached hydrogens (primary N) is 1. The molecule has 5 N–H and O–H groups in total. The minimum Gasteiger partial charge on any atom is -0.399 e. The van der Waals surface area contributed by atoms with E-state index in [0.717, 1.165) is 5.52 Å². The number of rotatable bonds is 3. The second kappa shape index (κ2) is 4.30. The number of H-pyrrole nitrogens is 1. The lowest BCUT2D eigenvalue weighted by molar-refractivity contribution is 0.0692. The van der Waals surface area contributed by atoms with Crippen LogP contribution in [-0.2, 0) is 0 Å². The summed E-state index contributed by atoms with van der Waals surface area (Å²) in [5.41, 5.74) is 6.32. The molecule has 1 heterocycles. The molecule has 0 unspecified atom stereocenters. The van der Waals surface area contributed by atoms with Crippen LogP contribution < -0.4 is 11.1 Å². The average molecular weight is 248 g/mol. The molecule has 0 aliphatic rings. The van der Waals surface area contributed by atoms with Crippen LogP contribution in [0.15, 0.2) is 18.2 Å². The molecular formula is C12H16N4O2. The summed E-state index contributed by atoms with van der Waals surface area (Å²) in [7, 11) is 0. The molecule has 96 valence electrons. The van der Waals surface area contributed by atoms with Gasteiger partial charge in [0.15, 0.2) is 5.69 Å². The van der Waals surface area contributed by atoms with Gasteiger partial charge in [-0.1, -0.05) is 0 Å². The lowest BCUT2D eigenvalue weighted by Gasteiger charge is -2.17. The highest BCUT2D eigenvalue weighted by Gasteiger charge is 2.18. The molecule has 0 aliphatic carbocycles. The van der Waals surface area contributed by atoms with Crippen LogP contribution >= 0.6 is 0 Å². The predicted octanol–water partition coefficient (Wildman–Crippen LogP) is 0.646. The van der Waals surface area contributed by atoms with Gasteiger partial charge in [-0.25, -0.2) is 0 Å². The highest BCUT2D eigenvalue weighted by atomic mass is 16.3. The molecule has 0 saturated carbocycles. The Morgan fingerprint density at radius 2 is 2.28 bits per heavy atom. The van der Waals surface area contributed by atoms with E-state index >= 15 is 0 Å². The van der Waals surface area contributed by atoms with Gasteiger partial charge in [0, 0.05) is 17.6 Å². The number of anilines is 1. The molecule has 6 nitrogen and oxygen atoms in total. The maximum atomic E-state index is 11.9. The number of aromatic nitrogens is 2. The summed E-state index contributed by atoms with van der Waals surface area (Å²) in [6.45, 7) is 3.39. The van der Waals surface area contributed by atoms with Crippen molar-refractivity contribution in [1.82, 2.24) is 15.5 Å². The first-order chi connectivity index (χ1) is 8.37. The van der Waals surface area contributed by atoms with Crippen LogP contribution in [0, 0.1) is 0 Å². The highest BCUT2D eigenvalue weighted by molar-refractivity contribution is 6.05. The summed E-state index contributed by atoms with van der Waals surface area (Å²) in [6, 6.07) is 5.20. The van der Waals surface area contributed by atoms with Gasteiger partial charge in [0.1, 0.15) is 0 Å². The van der Waals surface area contributed by atoms with Gasteiger partial charge in [0.2, 0.25) is 0 Å². The molecule has 2 aromatic rings. The molecule has 18 heavy (non-hydrogen) atoms. The minimum atomic E-state index is -0.958. The third kappa shape index (κ3) is 2.60. The van der Waals surface area contributed by atoms with Crippen molar-refractivity contribution in [1.29, 1.82) is 0 Å². The zero-order valence-corrected chi connectivity index (χ0v) is 10.3. The molecular weight excluding hydrogens is 232 g/mol. The molecule has 2 rings (SSSR count). The van der Waals surface area contributed by atoms with Crippen LogP contribution in [0.4, 0.5) is 5.69 Å². The van der Waals surface area contributed by atoms with Crippen molar-refractivity contribution >= 4 is 22.5 Å². The van der Waals surface area contributed by atoms with E-state index in [0.29, 0.717) is 11.1 Å². The Kier molecular flexibility index (Phi) is 2.96. The zero-order chi connectivity index (χ0) is 13.3. The SMILES string of the molecule is CC(C)(O)CNC(=O)c1n[nH]c2ccc(N)cc12. The predicted molar refractivity (Wildman–Crippen MR) is 69.1 cm³/mol. The third-order valence-electron chi connectivity index (χ3n) is 2.48. The summed E-state index contributed by atoms with van der Waals surface area (Å²) in [5.74, 6) is -0.339. The summed E-state index contributed by atoms with van der Waals surface area (Å²) in [4.78, 5) is 11.9. The first-order valence-corrected chi connectivity index (χ1v) is 5.61. The average Bonchev–Trinajstić information content (AvgIpc) is 2.67. The van der Waals surface area contributed by atoms with Crippen molar-refractivity contribution in [3.8, 4) is 0 Å². The molecule has 1 aromatic heterocycles. The Balaban J connectivity index is 2.25. The van der Waals surface area contributed by atoms with Crippen LogP contribution in [0.2, 0.25) is 0 Å². The molecule has 0 bridgehead atoms. The van der Waals surface area contributed by atoms with Crippen molar-refractivity contribution in [2.75, 3.05) is 12.3 Å². The van der Waals surface area contributed by atoms with Crippen molar-refractivity contribution < 1.29 is 9.90 Å². The first kappa shape index (κ1) is 12.4. The van der Waals surface area contributed by atoms with Gasteiger partial charge in [-0.05, 0) is 32.0 Å². The lowest BCUT2D eigenvalue weighted by atomic mass is 10.1. The van der Waals surface area contributed by atoms with Crippen LogP contribution in [0.3, 0.4) is 0 Å². The van der Waals surface area contributed by atoms with Crippen molar-refractivity contribution in [3.63, 3.8) is 0 Å². The monoisotopic (exact) mass is 248 g/mol. The van der Waals surface area contributed by atoms with Gasteiger partial charge < -0.3 is 16.2 Å². The number of benzene rings is 1. The van der Waals surface area contributed by atoms with E-state index in [1.807, 2.05) is 0 Å². The van der Waals surface area contributed by atoms with Crippen molar-refractivity contribution in [2.24, 2.45) is 0 Å². The molecule has 0 saturated heterocycles. The second-order valence-electron chi connectivity index (χ2n) is 4.87. The van der Waals surface area contributed by atoms with E-state index in [9.17, 15) is 9.90 Å². The summed E-state index contributed by atoms with van der Waals surface area (Å²) in [6.07, 6.45) is 0. The third-order valence-corrected chi connectivity index (χ3v) is 2.48. The Bertz CT molecular complexity index is 583. The molecule has 1 aromatic carbocycles. The van der Waals surface area contributed by atoms with E-state index < -0.39 is 5.60 Å². The maximum absolute atomic E-state index is 11.9. The topological polar surface area (TPSA) is 104 Å². The van der Waals surface area contributed by atoms with E-state index in [1.165, 1.54) is 0 Å². The number of nitrogens with one attached hydrogen (secondary N) is 2. The quantitative estimate of drug-likeness (QED) is 0.598. The number of amides is 1. The number of aromatic amines is 1. The van der Waals surface area contributed by atoms with E-state index in [2.05, 4.69) is 15.5 Å². The van der Waals surface area contributed by atoms with Gasteiger partial charge >= 0.3 is 0 Å². The Hall–Kier alpha value is -2.08. The number of nitrogens with zero attached hydrogens (tertiary/aromatic N) is 1. The fourth-order valence-corrected chi connectivity index (χ4v) is 1.59. The Labute approximate surface area is 104 Å². The number of aliphatic hydroxyl groups is 1. The summed E-state index contributed by atoms with van der Waals surface area (Å²) < 4.78 is 0. The number of fused-ring (bicyclic) bond motifs is 1. The molecule has 0 aliphatic heterocycles.